The van der Waals surface area contributed by atoms with E-state index in [4.69, 9.17) is 4.74 Å². The van der Waals surface area contributed by atoms with Crippen LogP contribution in [0.3, 0.4) is 0 Å². The Morgan fingerprint density at radius 1 is 1.33 bits per heavy atom. The van der Waals surface area contributed by atoms with Crippen LogP contribution >= 0.6 is 0 Å². The van der Waals surface area contributed by atoms with E-state index < -0.39 is 6.04 Å². The molecule has 1 heterocycles. The van der Waals surface area contributed by atoms with E-state index in [1.807, 2.05) is 29.2 Å². The second-order valence-corrected chi connectivity index (χ2v) is 6.24. The maximum absolute atomic E-state index is 12.5. The van der Waals surface area contributed by atoms with Gasteiger partial charge in [-0.2, -0.15) is 0 Å². The summed E-state index contributed by atoms with van der Waals surface area (Å²) in [5, 5.41) is 5.50. The Morgan fingerprint density at radius 3 is 2.79 bits per heavy atom. The summed E-state index contributed by atoms with van der Waals surface area (Å²) in [7, 11) is 1.60. The zero-order valence-electron chi connectivity index (χ0n) is 14.7. The highest BCUT2D eigenvalue weighted by atomic mass is 16.5. The minimum absolute atomic E-state index is 0.0189. The Morgan fingerprint density at radius 2 is 2.08 bits per heavy atom. The van der Waals surface area contributed by atoms with Crippen molar-refractivity contribution in [2.75, 3.05) is 13.7 Å². The summed E-state index contributed by atoms with van der Waals surface area (Å²) in [5.74, 6) is 0.707. The molecule has 1 aromatic carbocycles. The number of para-hydroxylation sites is 1. The molecule has 3 amide bonds. The molecule has 2 rings (SSSR count). The van der Waals surface area contributed by atoms with Crippen molar-refractivity contribution >= 4 is 11.9 Å². The van der Waals surface area contributed by atoms with Crippen LogP contribution in [0, 0.1) is 0 Å². The Balaban J connectivity index is 1.84. The average molecular weight is 333 g/mol. The van der Waals surface area contributed by atoms with Crippen molar-refractivity contribution in [2.45, 2.75) is 51.7 Å². The van der Waals surface area contributed by atoms with Crippen molar-refractivity contribution in [2.24, 2.45) is 0 Å². The molecule has 132 valence electrons. The Kier molecular flexibility index (Phi) is 6.46. The number of carbonyl (C=O) groups is 2. The van der Waals surface area contributed by atoms with Crippen LogP contribution in [-0.4, -0.2) is 42.6 Å². The molecule has 0 spiro atoms. The van der Waals surface area contributed by atoms with Crippen molar-refractivity contribution in [1.82, 2.24) is 15.5 Å². The van der Waals surface area contributed by atoms with Gasteiger partial charge in [-0.3, -0.25) is 4.79 Å². The van der Waals surface area contributed by atoms with Crippen molar-refractivity contribution in [3.63, 3.8) is 0 Å². The number of rotatable bonds is 5. The SMILES string of the molecule is COc1ccccc1CNC(=O)N[C@@H](C)C(=O)N1CCCC[C@@H]1C. The third-order valence-electron chi connectivity index (χ3n) is 4.44. The van der Waals surface area contributed by atoms with Crippen LogP contribution in [0.25, 0.3) is 0 Å². The van der Waals surface area contributed by atoms with E-state index in [-0.39, 0.29) is 18.0 Å². The molecule has 2 atom stereocenters. The van der Waals surface area contributed by atoms with E-state index in [1.165, 1.54) is 0 Å². The van der Waals surface area contributed by atoms with Gasteiger partial charge < -0.3 is 20.3 Å². The van der Waals surface area contributed by atoms with Crippen LogP contribution in [0.4, 0.5) is 4.79 Å². The number of piperidine rings is 1. The van der Waals surface area contributed by atoms with E-state index >= 15 is 0 Å². The van der Waals surface area contributed by atoms with E-state index in [1.54, 1.807) is 14.0 Å². The monoisotopic (exact) mass is 333 g/mol. The van der Waals surface area contributed by atoms with Crippen LogP contribution in [0.2, 0.25) is 0 Å². The van der Waals surface area contributed by atoms with E-state index in [9.17, 15) is 9.59 Å². The van der Waals surface area contributed by atoms with Gasteiger partial charge in [0.25, 0.3) is 0 Å². The maximum Gasteiger partial charge on any atom is 0.315 e. The number of ether oxygens (including phenoxy) is 1. The number of carbonyl (C=O) groups excluding carboxylic acids is 2. The fraction of sp³-hybridized carbons (Fsp3) is 0.556. The lowest BCUT2D eigenvalue weighted by molar-refractivity contribution is -0.136. The molecule has 2 N–H and O–H groups in total. The number of benzene rings is 1. The van der Waals surface area contributed by atoms with Gasteiger partial charge in [-0.05, 0) is 39.2 Å². The third-order valence-corrected chi connectivity index (χ3v) is 4.44. The zero-order chi connectivity index (χ0) is 17.5. The van der Waals surface area contributed by atoms with Gasteiger partial charge in [0.1, 0.15) is 11.8 Å². The summed E-state index contributed by atoms with van der Waals surface area (Å²) in [6.45, 7) is 4.91. The Labute approximate surface area is 143 Å². The Bertz CT molecular complexity index is 576. The lowest BCUT2D eigenvalue weighted by Crippen LogP contribution is -2.53. The zero-order valence-corrected chi connectivity index (χ0v) is 14.7. The normalized spacial score (nSPS) is 18.6. The van der Waals surface area contributed by atoms with Gasteiger partial charge >= 0.3 is 6.03 Å². The van der Waals surface area contributed by atoms with Gasteiger partial charge in [-0.1, -0.05) is 18.2 Å². The molecule has 1 saturated heterocycles. The van der Waals surface area contributed by atoms with Gasteiger partial charge in [0.05, 0.1) is 7.11 Å². The largest absolute Gasteiger partial charge is 0.496 e. The van der Waals surface area contributed by atoms with Crippen LogP contribution in [0.5, 0.6) is 5.75 Å². The first-order valence-electron chi connectivity index (χ1n) is 8.49. The number of urea groups is 1. The third kappa shape index (κ3) is 4.63. The summed E-state index contributed by atoms with van der Waals surface area (Å²) < 4.78 is 5.26. The first kappa shape index (κ1) is 18.1. The molecule has 0 saturated carbocycles. The molecule has 6 heteroatoms. The molecule has 24 heavy (non-hydrogen) atoms. The van der Waals surface area contributed by atoms with Gasteiger partial charge in [0, 0.05) is 24.7 Å². The first-order valence-corrected chi connectivity index (χ1v) is 8.49. The van der Waals surface area contributed by atoms with Crippen LogP contribution in [0.15, 0.2) is 24.3 Å². The molecule has 1 aromatic rings. The summed E-state index contributed by atoms with van der Waals surface area (Å²) in [6, 6.07) is 6.86. The van der Waals surface area contributed by atoms with E-state index in [0.29, 0.717) is 6.54 Å². The second-order valence-electron chi connectivity index (χ2n) is 6.24. The highest BCUT2D eigenvalue weighted by molar-refractivity contribution is 5.87. The summed E-state index contributed by atoms with van der Waals surface area (Å²) >= 11 is 0. The van der Waals surface area contributed by atoms with Crippen LogP contribution in [0.1, 0.15) is 38.7 Å². The standard InChI is InChI=1S/C18H27N3O3/c1-13-8-6-7-11-21(13)17(22)14(2)20-18(23)19-12-15-9-4-5-10-16(15)24-3/h4-5,9-10,13-14H,6-8,11-12H2,1-3H3,(H2,19,20,23)/t13-,14-/m0/s1. The number of hydrogen-bond donors (Lipinski definition) is 2. The van der Waals surface area contributed by atoms with Crippen molar-refractivity contribution < 1.29 is 14.3 Å². The number of methoxy groups -OCH3 is 1. The fourth-order valence-corrected chi connectivity index (χ4v) is 3.01. The molecule has 0 aromatic heterocycles. The average Bonchev–Trinajstić information content (AvgIpc) is 2.60. The summed E-state index contributed by atoms with van der Waals surface area (Å²) in [6.07, 6.45) is 3.22. The molecule has 0 aliphatic carbocycles. The molecular formula is C18H27N3O3. The van der Waals surface area contributed by atoms with Gasteiger partial charge in [0.2, 0.25) is 5.91 Å². The summed E-state index contributed by atoms with van der Waals surface area (Å²) in [5.41, 5.74) is 0.888. The fourth-order valence-electron chi connectivity index (χ4n) is 3.01. The van der Waals surface area contributed by atoms with E-state index in [0.717, 1.165) is 37.1 Å². The number of amides is 3. The first-order chi connectivity index (χ1) is 11.5. The van der Waals surface area contributed by atoms with Crippen molar-refractivity contribution in [3.8, 4) is 5.75 Å². The van der Waals surface area contributed by atoms with Gasteiger partial charge in [-0.15, -0.1) is 0 Å². The smallest absolute Gasteiger partial charge is 0.315 e. The predicted molar refractivity (Wildman–Crippen MR) is 92.9 cm³/mol. The topological polar surface area (TPSA) is 70.7 Å². The number of likely N-dealkylation sites (tertiary alicyclic amines) is 1. The Hall–Kier alpha value is -2.24. The molecule has 0 bridgehead atoms. The van der Waals surface area contributed by atoms with Crippen molar-refractivity contribution in [3.05, 3.63) is 29.8 Å². The number of nitrogens with zero attached hydrogens (tertiary/aromatic N) is 1. The maximum atomic E-state index is 12.5. The molecule has 0 radical (unpaired) electrons. The van der Waals surface area contributed by atoms with Crippen LogP contribution < -0.4 is 15.4 Å². The molecule has 6 nitrogen and oxygen atoms in total. The minimum Gasteiger partial charge on any atom is -0.496 e. The van der Waals surface area contributed by atoms with Crippen LogP contribution in [-0.2, 0) is 11.3 Å². The molecule has 1 aliphatic rings. The molecule has 0 unspecified atom stereocenters. The number of nitrogens with one attached hydrogen (secondary N) is 2. The minimum atomic E-state index is -0.539. The number of hydrogen-bond acceptors (Lipinski definition) is 3. The predicted octanol–water partition coefficient (Wildman–Crippen LogP) is 2.28. The highest BCUT2D eigenvalue weighted by Crippen LogP contribution is 2.18. The lowest BCUT2D eigenvalue weighted by atomic mass is 10.0. The molecule has 1 fully saturated rings. The second kappa shape index (κ2) is 8.57. The summed E-state index contributed by atoms with van der Waals surface area (Å²) in [4.78, 5) is 26.4. The lowest BCUT2D eigenvalue weighted by Gasteiger charge is -2.35. The van der Waals surface area contributed by atoms with E-state index in [2.05, 4.69) is 17.6 Å². The van der Waals surface area contributed by atoms with Gasteiger partial charge in [0.15, 0.2) is 0 Å². The molecular weight excluding hydrogens is 306 g/mol. The van der Waals surface area contributed by atoms with Gasteiger partial charge in [-0.25, -0.2) is 4.79 Å². The highest BCUT2D eigenvalue weighted by Gasteiger charge is 2.27. The quantitative estimate of drug-likeness (QED) is 0.868. The van der Waals surface area contributed by atoms with Crippen molar-refractivity contribution in [1.29, 1.82) is 0 Å². The molecule has 1 aliphatic heterocycles.